The highest BCUT2D eigenvalue weighted by Gasteiger charge is 2.21. The lowest BCUT2D eigenvalue weighted by Gasteiger charge is -2.32. The lowest BCUT2D eigenvalue weighted by Crippen LogP contribution is -2.44. The van der Waals surface area contributed by atoms with Gasteiger partial charge in [0.25, 0.3) is 0 Å². The molecule has 2 heterocycles. The van der Waals surface area contributed by atoms with Crippen molar-refractivity contribution in [3.63, 3.8) is 0 Å². The number of rotatable bonds is 7. The van der Waals surface area contributed by atoms with Crippen molar-refractivity contribution in [2.45, 2.75) is 45.2 Å². The quantitative estimate of drug-likeness (QED) is 0.575. The molecule has 0 bridgehead atoms. The lowest BCUT2D eigenvalue weighted by molar-refractivity contribution is -0.122. The van der Waals surface area contributed by atoms with E-state index in [1.165, 1.54) is 12.1 Å². The van der Waals surface area contributed by atoms with Crippen LogP contribution in [0.3, 0.4) is 0 Å². The first kappa shape index (κ1) is 23.0. The van der Waals surface area contributed by atoms with Crippen LogP contribution in [0, 0.1) is 24.4 Å². The standard InChI is InChI=1S/C24H25F3N4O2/c1-15-12-17(3-5-19(15)25)24-29-23(33-30-24)7-6-22(32)28-18-8-10-31(11-9-18)14-16-2-4-20(26)21(27)13-16/h2-5,12-13,18H,6-11,14H2,1H3,(H,28,32). The van der Waals surface area contributed by atoms with Gasteiger partial charge in [-0.05, 0) is 61.2 Å². The Morgan fingerprint density at radius 2 is 1.85 bits per heavy atom. The van der Waals surface area contributed by atoms with E-state index in [0.29, 0.717) is 35.8 Å². The molecule has 6 nitrogen and oxygen atoms in total. The summed E-state index contributed by atoms with van der Waals surface area (Å²) in [7, 11) is 0. The van der Waals surface area contributed by atoms with Crippen molar-refractivity contribution in [3.8, 4) is 11.4 Å². The third-order valence-electron chi connectivity index (χ3n) is 5.79. The van der Waals surface area contributed by atoms with Crippen molar-refractivity contribution >= 4 is 5.91 Å². The van der Waals surface area contributed by atoms with Crippen LogP contribution in [0.15, 0.2) is 40.9 Å². The van der Waals surface area contributed by atoms with Crippen molar-refractivity contribution in [2.24, 2.45) is 0 Å². The Morgan fingerprint density at radius 3 is 2.58 bits per heavy atom. The molecule has 0 radical (unpaired) electrons. The SMILES string of the molecule is Cc1cc(-c2noc(CCC(=O)NC3CCN(Cc4ccc(F)c(F)c4)CC3)n2)ccc1F. The normalized spacial score (nSPS) is 15.0. The van der Waals surface area contributed by atoms with Crippen LogP contribution in [0.4, 0.5) is 13.2 Å². The predicted molar refractivity (Wildman–Crippen MR) is 116 cm³/mol. The van der Waals surface area contributed by atoms with Crippen LogP contribution >= 0.6 is 0 Å². The molecule has 1 aliphatic heterocycles. The van der Waals surface area contributed by atoms with E-state index in [1.807, 2.05) is 0 Å². The molecule has 0 unspecified atom stereocenters. The summed E-state index contributed by atoms with van der Waals surface area (Å²) in [5, 5.41) is 6.95. The Balaban J connectivity index is 1.20. The molecular weight excluding hydrogens is 433 g/mol. The van der Waals surface area contributed by atoms with E-state index in [1.54, 1.807) is 25.1 Å². The molecule has 4 rings (SSSR count). The molecule has 0 spiro atoms. The van der Waals surface area contributed by atoms with Crippen LogP contribution in [0.2, 0.25) is 0 Å². The van der Waals surface area contributed by atoms with E-state index in [4.69, 9.17) is 4.52 Å². The first-order chi connectivity index (χ1) is 15.9. The average Bonchev–Trinajstić information content (AvgIpc) is 3.27. The second-order valence-corrected chi connectivity index (χ2v) is 8.34. The molecule has 1 N–H and O–H groups in total. The summed E-state index contributed by atoms with van der Waals surface area (Å²) in [4.78, 5) is 18.8. The van der Waals surface area contributed by atoms with Crippen molar-refractivity contribution < 1.29 is 22.5 Å². The number of aryl methyl sites for hydroxylation is 2. The van der Waals surface area contributed by atoms with E-state index in [9.17, 15) is 18.0 Å². The summed E-state index contributed by atoms with van der Waals surface area (Å²) in [6.45, 7) is 3.73. The Hall–Kier alpha value is -3.20. The monoisotopic (exact) mass is 458 g/mol. The van der Waals surface area contributed by atoms with Crippen LogP contribution in [-0.2, 0) is 17.8 Å². The van der Waals surface area contributed by atoms with Crippen LogP contribution < -0.4 is 5.32 Å². The highest BCUT2D eigenvalue weighted by molar-refractivity contribution is 5.76. The van der Waals surface area contributed by atoms with Gasteiger partial charge >= 0.3 is 0 Å². The van der Waals surface area contributed by atoms with Gasteiger partial charge in [0.2, 0.25) is 17.6 Å². The molecule has 0 saturated carbocycles. The molecule has 1 saturated heterocycles. The molecule has 2 aromatic carbocycles. The summed E-state index contributed by atoms with van der Waals surface area (Å²) in [5.74, 6) is -1.36. The van der Waals surface area contributed by atoms with E-state index >= 15 is 0 Å². The van der Waals surface area contributed by atoms with Gasteiger partial charge in [0.15, 0.2) is 11.6 Å². The number of carbonyl (C=O) groups excluding carboxylic acids is 1. The molecule has 0 aliphatic carbocycles. The van der Waals surface area contributed by atoms with Crippen LogP contribution in [0.5, 0.6) is 0 Å². The summed E-state index contributed by atoms with van der Waals surface area (Å²) >= 11 is 0. The summed E-state index contributed by atoms with van der Waals surface area (Å²) in [6.07, 6.45) is 2.10. The smallest absolute Gasteiger partial charge is 0.227 e. The van der Waals surface area contributed by atoms with E-state index in [0.717, 1.165) is 37.6 Å². The fraction of sp³-hybridized carbons (Fsp3) is 0.375. The van der Waals surface area contributed by atoms with Crippen LogP contribution in [-0.4, -0.2) is 40.1 Å². The zero-order valence-corrected chi connectivity index (χ0v) is 18.3. The predicted octanol–water partition coefficient (Wildman–Crippen LogP) is 4.18. The highest BCUT2D eigenvalue weighted by Crippen LogP contribution is 2.20. The van der Waals surface area contributed by atoms with Crippen LogP contribution in [0.25, 0.3) is 11.4 Å². The van der Waals surface area contributed by atoms with Gasteiger partial charge < -0.3 is 9.84 Å². The number of nitrogens with one attached hydrogen (secondary N) is 1. The fourth-order valence-electron chi connectivity index (χ4n) is 3.91. The lowest BCUT2D eigenvalue weighted by atomic mass is 10.0. The summed E-state index contributed by atoms with van der Waals surface area (Å²) < 4.78 is 45.1. The highest BCUT2D eigenvalue weighted by atomic mass is 19.2. The Morgan fingerprint density at radius 1 is 1.09 bits per heavy atom. The van der Waals surface area contributed by atoms with E-state index in [2.05, 4.69) is 20.4 Å². The molecule has 1 amide bonds. The molecular formula is C24H25F3N4O2. The first-order valence-corrected chi connectivity index (χ1v) is 10.9. The first-order valence-electron chi connectivity index (χ1n) is 10.9. The van der Waals surface area contributed by atoms with Gasteiger partial charge in [-0.1, -0.05) is 11.2 Å². The third kappa shape index (κ3) is 5.98. The molecule has 1 fully saturated rings. The van der Waals surface area contributed by atoms with Gasteiger partial charge in [-0.25, -0.2) is 13.2 Å². The average molecular weight is 458 g/mol. The van der Waals surface area contributed by atoms with Crippen molar-refractivity contribution in [1.82, 2.24) is 20.4 Å². The number of piperidine rings is 1. The molecule has 0 atom stereocenters. The zero-order valence-electron chi connectivity index (χ0n) is 18.3. The Bertz CT molecular complexity index is 1130. The molecule has 9 heteroatoms. The van der Waals surface area contributed by atoms with Gasteiger partial charge in [-0.15, -0.1) is 0 Å². The summed E-state index contributed by atoms with van der Waals surface area (Å²) in [5.41, 5.74) is 1.88. The van der Waals surface area contributed by atoms with Crippen LogP contribution in [0.1, 0.15) is 36.3 Å². The number of halogens is 3. The topological polar surface area (TPSA) is 71.3 Å². The number of aromatic nitrogens is 2. The second-order valence-electron chi connectivity index (χ2n) is 8.34. The van der Waals surface area contributed by atoms with Gasteiger partial charge in [0.05, 0.1) is 0 Å². The maximum Gasteiger partial charge on any atom is 0.227 e. The molecule has 33 heavy (non-hydrogen) atoms. The van der Waals surface area contributed by atoms with E-state index in [-0.39, 0.29) is 24.2 Å². The number of hydrogen-bond acceptors (Lipinski definition) is 5. The van der Waals surface area contributed by atoms with Gasteiger partial charge in [0, 0.05) is 44.1 Å². The zero-order chi connectivity index (χ0) is 23.4. The minimum absolute atomic E-state index is 0.0686. The molecule has 174 valence electrons. The second kappa shape index (κ2) is 10.2. The van der Waals surface area contributed by atoms with Crippen molar-refractivity contribution in [2.75, 3.05) is 13.1 Å². The number of benzene rings is 2. The minimum atomic E-state index is -0.845. The molecule has 1 aromatic heterocycles. The number of likely N-dealkylation sites (tertiary alicyclic amines) is 1. The maximum atomic E-state index is 13.4. The minimum Gasteiger partial charge on any atom is -0.353 e. The van der Waals surface area contributed by atoms with Crippen molar-refractivity contribution in [1.29, 1.82) is 0 Å². The van der Waals surface area contributed by atoms with Crippen molar-refractivity contribution in [3.05, 3.63) is 70.9 Å². The van der Waals surface area contributed by atoms with E-state index < -0.39 is 11.6 Å². The van der Waals surface area contributed by atoms with Gasteiger partial charge in [-0.3, -0.25) is 9.69 Å². The third-order valence-corrected chi connectivity index (χ3v) is 5.79. The Labute approximate surface area is 189 Å². The van der Waals surface area contributed by atoms with Gasteiger partial charge in [0.1, 0.15) is 5.82 Å². The Kier molecular flexibility index (Phi) is 7.08. The van der Waals surface area contributed by atoms with Gasteiger partial charge in [-0.2, -0.15) is 4.98 Å². The fourth-order valence-corrected chi connectivity index (χ4v) is 3.91. The molecule has 1 aliphatic rings. The largest absolute Gasteiger partial charge is 0.353 e. The summed E-state index contributed by atoms with van der Waals surface area (Å²) in [6, 6.07) is 8.62. The maximum absolute atomic E-state index is 13.4. The molecule has 3 aromatic rings. The number of amides is 1. The number of hydrogen-bond donors (Lipinski definition) is 1. The number of nitrogens with zero attached hydrogens (tertiary/aromatic N) is 3. The number of carbonyl (C=O) groups is 1.